The summed E-state index contributed by atoms with van der Waals surface area (Å²) in [5, 5.41) is 12.2. The van der Waals surface area contributed by atoms with Gasteiger partial charge in [-0.3, -0.25) is 4.79 Å². The van der Waals surface area contributed by atoms with Crippen LogP contribution in [0.15, 0.2) is 10.6 Å². The summed E-state index contributed by atoms with van der Waals surface area (Å²) in [7, 11) is 3.85. The van der Waals surface area contributed by atoms with Crippen molar-refractivity contribution in [2.24, 2.45) is 0 Å². The number of hydrogen-bond acceptors (Lipinski definition) is 5. The van der Waals surface area contributed by atoms with E-state index in [0.717, 1.165) is 6.07 Å². The number of carboxylic acid groups (broad SMARTS) is 1. The molecule has 0 saturated heterocycles. The highest BCUT2D eigenvalue weighted by atomic mass is 16.5. The maximum atomic E-state index is 12.2. The van der Waals surface area contributed by atoms with Crippen LogP contribution >= 0.6 is 0 Å². The van der Waals surface area contributed by atoms with Crippen LogP contribution in [0.25, 0.3) is 0 Å². The van der Waals surface area contributed by atoms with E-state index in [0.29, 0.717) is 13.1 Å². The predicted molar refractivity (Wildman–Crippen MR) is 68.2 cm³/mol. The Balaban J connectivity index is 2.85. The lowest BCUT2D eigenvalue weighted by atomic mass is 10.2. The zero-order chi connectivity index (χ0) is 14.6. The second-order valence-electron chi connectivity index (χ2n) is 4.58. The lowest BCUT2D eigenvalue weighted by Gasteiger charge is -2.29. The molecule has 1 aromatic heterocycles. The van der Waals surface area contributed by atoms with Gasteiger partial charge in [-0.05, 0) is 27.9 Å². The zero-order valence-corrected chi connectivity index (χ0v) is 11.6. The number of aromatic nitrogens is 1. The minimum absolute atomic E-state index is 0.00234. The summed E-state index contributed by atoms with van der Waals surface area (Å²) < 4.78 is 4.60. The molecule has 1 atom stereocenters. The van der Waals surface area contributed by atoms with Crippen LogP contribution < -0.4 is 0 Å². The van der Waals surface area contributed by atoms with E-state index >= 15 is 0 Å². The SMILES string of the molecule is CCN(C(=O)c1cc(C(=O)O)on1)C(C)CN(C)C. The minimum Gasteiger partial charge on any atom is -0.475 e. The van der Waals surface area contributed by atoms with Crippen LogP contribution in [0.5, 0.6) is 0 Å². The summed E-state index contributed by atoms with van der Waals surface area (Å²) in [4.78, 5) is 26.5. The molecule has 19 heavy (non-hydrogen) atoms. The highest BCUT2D eigenvalue weighted by Gasteiger charge is 2.24. The number of hydrogen-bond donors (Lipinski definition) is 1. The van der Waals surface area contributed by atoms with Crippen LogP contribution in [0.2, 0.25) is 0 Å². The summed E-state index contributed by atoms with van der Waals surface area (Å²) in [6, 6.07) is 1.15. The molecule has 0 radical (unpaired) electrons. The molecule has 0 aliphatic heterocycles. The molecule has 1 N–H and O–H groups in total. The molecule has 1 amide bonds. The van der Waals surface area contributed by atoms with Gasteiger partial charge < -0.3 is 19.4 Å². The van der Waals surface area contributed by atoms with Gasteiger partial charge in [-0.1, -0.05) is 5.16 Å². The van der Waals surface area contributed by atoms with Gasteiger partial charge in [-0.2, -0.15) is 0 Å². The first kappa shape index (κ1) is 15.2. The van der Waals surface area contributed by atoms with Crippen molar-refractivity contribution in [3.8, 4) is 0 Å². The van der Waals surface area contributed by atoms with Crippen LogP contribution in [0.4, 0.5) is 0 Å². The van der Waals surface area contributed by atoms with Crippen LogP contribution in [-0.4, -0.2) is 65.2 Å². The highest BCUT2D eigenvalue weighted by Crippen LogP contribution is 2.10. The Morgan fingerprint density at radius 3 is 2.53 bits per heavy atom. The number of likely N-dealkylation sites (N-methyl/N-ethyl adjacent to an activating group) is 2. The number of carboxylic acids is 1. The van der Waals surface area contributed by atoms with Crippen molar-refractivity contribution in [2.75, 3.05) is 27.2 Å². The van der Waals surface area contributed by atoms with Gasteiger partial charge in [0.1, 0.15) is 0 Å². The largest absolute Gasteiger partial charge is 0.475 e. The predicted octanol–water partition coefficient (Wildman–Crippen LogP) is 0.785. The van der Waals surface area contributed by atoms with Crippen molar-refractivity contribution in [1.82, 2.24) is 15.0 Å². The topological polar surface area (TPSA) is 86.9 Å². The fourth-order valence-electron chi connectivity index (χ4n) is 1.91. The molecule has 0 aliphatic carbocycles. The molecule has 0 bridgehead atoms. The molecule has 7 heteroatoms. The molecule has 0 fully saturated rings. The zero-order valence-electron chi connectivity index (χ0n) is 11.6. The van der Waals surface area contributed by atoms with Gasteiger partial charge in [-0.15, -0.1) is 0 Å². The summed E-state index contributed by atoms with van der Waals surface area (Å²) in [5.41, 5.74) is 0.0184. The molecule has 1 unspecified atom stereocenters. The van der Waals surface area contributed by atoms with Crippen LogP contribution in [0.3, 0.4) is 0 Å². The van der Waals surface area contributed by atoms with E-state index in [1.807, 2.05) is 32.8 Å². The second-order valence-corrected chi connectivity index (χ2v) is 4.58. The van der Waals surface area contributed by atoms with Gasteiger partial charge in [0, 0.05) is 25.2 Å². The van der Waals surface area contributed by atoms with Crippen LogP contribution in [0.1, 0.15) is 34.9 Å². The second kappa shape index (κ2) is 6.33. The minimum atomic E-state index is -1.24. The Labute approximate surface area is 111 Å². The number of carbonyl (C=O) groups is 2. The van der Waals surface area contributed by atoms with Gasteiger partial charge in [0.15, 0.2) is 5.69 Å². The van der Waals surface area contributed by atoms with Crippen molar-refractivity contribution in [2.45, 2.75) is 19.9 Å². The number of rotatable bonds is 6. The van der Waals surface area contributed by atoms with E-state index in [1.54, 1.807) is 4.90 Å². The molecule has 1 heterocycles. The molecular formula is C12H19N3O4. The third-order valence-corrected chi connectivity index (χ3v) is 2.70. The normalized spacial score (nSPS) is 12.5. The third-order valence-electron chi connectivity index (χ3n) is 2.70. The standard InChI is InChI=1S/C12H19N3O4/c1-5-15(8(2)7-14(3)4)11(16)9-6-10(12(17)18)19-13-9/h6,8H,5,7H2,1-4H3,(H,17,18). The highest BCUT2D eigenvalue weighted by molar-refractivity contribution is 5.95. The number of amides is 1. The molecule has 0 saturated carbocycles. The molecule has 7 nitrogen and oxygen atoms in total. The van der Waals surface area contributed by atoms with Gasteiger partial charge in [0.25, 0.3) is 5.91 Å². The number of nitrogens with zero attached hydrogens (tertiary/aromatic N) is 3. The summed E-state index contributed by atoms with van der Waals surface area (Å²) >= 11 is 0. The third kappa shape index (κ3) is 3.78. The van der Waals surface area contributed by atoms with Gasteiger partial charge in [0.2, 0.25) is 5.76 Å². The number of carbonyl (C=O) groups excluding carboxylic acids is 1. The van der Waals surface area contributed by atoms with Crippen molar-refractivity contribution in [3.05, 3.63) is 17.5 Å². The smallest absolute Gasteiger partial charge is 0.374 e. The van der Waals surface area contributed by atoms with E-state index in [4.69, 9.17) is 5.11 Å². The lowest BCUT2D eigenvalue weighted by molar-refractivity contribution is 0.0639. The van der Waals surface area contributed by atoms with E-state index in [1.165, 1.54) is 0 Å². The number of aromatic carboxylic acids is 1. The first-order chi connectivity index (χ1) is 8.86. The summed E-state index contributed by atoms with van der Waals surface area (Å²) in [6.07, 6.45) is 0. The molecular weight excluding hydrogens is 250 g/mol. The Bertz CT molecular complexity index is 456. The average Bonchev–Trinajstić information content (AvgIpc) is 2.77. The van der Waals surface area contributed by atoms with E-state index in [2.05, 4.69) is 9.68 Å². The van der Waals surface area contributed by atoms with Crippen molar-refractivity contribution >= 4 is 11.9 Å². The maximum Gasteiger partial charge on any atom is 0.374 e. The Hall–Kier alpha value is -1.89. The Kier molecular flexibility index (Phi) is 5.05. The summed E-state index contributed by atoms with van der Waals surface area (Å²) in [6.45, 7) is 5.02. The van der Waals surface area contributed by atoms with Gasteiger partial charge >= 0.3 is 5.97 Å². The fraction of sp³-hybridized carbons (Fsp3) is 0.583. The maximum absolute atomic E-state index is 12.2. The molecule has 0 aliphatic rings. The molecule has 0 aromatic carbocycles. The van der Waals surface area contributed by atoms with E-state index in [-0.39, 0.29) is 23.4 Å². The fourth-order valence-corrected chi connectivity index (χ4v) is 1.91. The van der Waals surface area contributed by atoms with E-state index < -0.39 is 5.97 Å². The average molecular weight is 269 g/mol. The Morgan fingerprint density at radius 1 is 1.47 bits per heavy atom. The van der Waals surface area contributed by atoms with Gasteiger partial charge in [-0.25, -0.2) is 4.79 Å². The lowest BCUT2D eigenvalue weighted by Crippen LogP contribution is -2.43. The first-order valence-corrected chi connectivity index (χ1v) is 6.02. The molecule has 106 valence electrons. The quantitative estimate of drug-likeness (QED) is 0.821. The molecule has 1 rings (SSSR count). The van der Waals surface area contributed by atoms with Crippen molar-refractivity contribution < 1.29 is 19.2 Å². The van der Waals surface area contributed by atoms with Gasteiger partial charge in [0.05, 0.1) is 0 Å². The van der Waals surface area contributed by atoms with Crippen molar-refractivity contribution in [1.29, 1.82) is 0 Å². The first-order valence-electron chi connectivity index (χ1n) is 6.02. The Morgan fingerprint density at radius 2 is 2.11 bits per heavy atom. The molecule has 0 spiro atoms. The molecule has 1 aromatic rings. The van der Waals surface area contributed by atoms with Crippen LogP contribution in [-0.2, 0) is 0 Å². The van der Waals surface area contributed by atoms with Crippen LogP contribution in [0, 0.1) is 0 Å². The van der Waals surface area contributed by atoms with E-state index in [9.17, 15) is 9.59 Å². The monoisotopic (exact) mass is 269 g/mol. The van der Waals surface area contributed by atoms with Crippen molar-refractivity contribution in [3.63, 3.8) is 0 Å². The summed E-state index contributed by atoms with van der Waals surface area (Å²) in [5.74, 6) is -1.90.